The van der Waals surface area contributed by atoms with E-state index in [0.29, 0.717) is 6.04 Å². The molecule has 0 bridgehead atoms. The van der Waals surface area contributed by atoms with Gasteiger partial charge in [-0.3, -0.25) is 0 Å². The van der Waals surface area contributed by atoms with Gasteiger partial charge in [0.15, 0.2) is 11.9 Å². The van der Waals surface area contributed by atoms with Crippen molar-refractivity contribution in [3.63, 3.8) is 0 Å². The summed E-state index contributed by atoms with van der Waals surface area (Å²) < 4.78 is 1.97. The predicted octanol–water partition coefficient (Wildman–Crippen LogP) is -1.93. The molecule has 152 valence electrons. The molecular formula is C18H24N4O6. The lowest BCUT2D eigenvalue weighted by atomic mass is 9.75. The maximum Gasteiger partial charge on any atom is 0.335 e. The van der Waals surface area contributed by atoms with Crippen LogP contribution in [-0.4, -0.2) is 54.2 Å². The zero-order valence-corrected chi connectivity index (χ0v) is 15.6. The van der Waals surface area contributed by atoms with Gasteiger partial charge in [0.1, 0.15) is 12.1 Å². The number of carboxylic acid groups (broad SMARTS) is 2. The summed E-state index contributed by atoms with van der Waals surface area (Å²) in [5.74, 6) is -2.93. The average molecular weight is 392 g/mol. The third-order valence-electron chi connectivity index (χ3n) is 4.45. The molecule has 28 heavy (non-hydrogen) atoms. The van der Waals surface area contributed by atoms with Crippen molar-refractivity contribution in [2.75, 3.05) is 0 Å². The summed E-state index contributed by atoms with van der Waals surface area (Å²) in [6.45, 7) is 4.59. The molecule has 0 saturated heterocycles. The fourth-order valence-electron chi connectivity index (χ4n) is 3.15. The Balaban J connectivity index is 0.000000242. The van der Waals surface area contributed by atoms with Crippen LogP contribution in [0.25, 0.3) is 5.82 Å². The third-order valence-corrected chi connectivity index (χ3v) is 4.45. The summed E-state index contributed by atoms with van der Waals surface area (Å²) in [7, 11) is 0. The van der Waals surface area contributed by atoms with Gasteiger partial charge in [0.2, 0.25) is 0 Å². The van der Waals surface area contributed by atoms with E-state index in [2.05, 4.69) is 29.7 Å². The van der Waals surface area contributed by atoms with Crippen molar-refractivity contribution >= 4 is 11.9 Å². The lowest BCUT2D eigenvalue weighted by Gasteiger charge is -2.31. The van der Waals surface area contributed by atoms with Crippen molar-refractivity contribution in [1.82, 2.24) is 14.8 Å². The average Bonchev–Trinajstić information content (AvgIpc) is 3.04. The lowest BCUT2D eigenvalue weighted by Crippen LogP contribution is -2.56. The fourth-order valence-corrected chi connectivity index (χ4v) is 3.15. The van der Waals surface area contributed by atoms with Crippen LogP contribution in [0.3, 0.4) is 0 Å². The molecule has 10 nitrogen and oxygen atoms in total. The Labute approximate surface area is 161 Å². The number of nitrogens with zero attached hydrogens (tertiary/aromatic N) is 3. The molecule has 3 unspecified atom stereocenters. The van der Waals surface area contributed by atoms with Crippen LogP contribution < -0.4 is 10.8 Å². The first-order valence-electron chi connectivity index (χ1n) is 8.64. The van der Waals surface area contributed by atoms with Crippen LogP contribution in [0.15, 0.2) is 30.6 Å². The summed E-state index contributed by atoms with van der Waals surface area (Å²) in [6.07, 6.45) is 1.21. The zero-order chi connectivity index (χ0) is 21.1. The smallest absolute Gasteiger partial charge is 0.335 e. The van der Waals surface area contributed by atoms with Crippen molar-refractivity contribution in [1.29, 1.82) is 0 Å². The van der Waals surface area contributed by atoms with Gasteiger partial charge in [0, 0.05) is 12.6 Å². The van der Waals surface area contributed by atoms with Crippen molar-refractivity contribution in [2.45, 2.75) is 44.9 Å². The number of quaternary nitrogens is 1. The number of carboxylic acids is 2. The number of pyridine rings is 1. The normalized spacial score (nSPS) is 19.5. The van der Waals surface area contributed by atoms with Crippen LogP contribution in [0.1, 0.15) is 37.6 Å². The van der Waals surface area contributed by atoms with Crippen LogP contribution in [0.2, 0.25) is 0 Å². The number of rotatable bonds is 4. The molecule has 1 aliphatic rings. The van der Waals surface area contributed by atoms with E-state index >= 15 is 0 Å². The van der Waals surface area contributed by atoms with Crippen molar-refractivity contribution in [2.24, 2.45) is 5.41 Å². The molecule has 10 heteroatoms. The second-order valence-electron chi connectivity index (χ2n) is 7.44. The Morgan fingerprint density at radius 3 is 2.50 bits per heavy atom. The maximum absolute atomic E-state index is 9.74. The summed E-state index contributed by atoms with van der Waals surface area (Å²) in [5, 5.41) is 38.6. The predicted molar refractivity (Wildman–Crippen MR) is 93.7 cm³/mol. The van der Waals surface area contributed by atoms with Crippen LogP contribution >= 0.6 is 0 Å². The SMILES string of the molecule is CC1(C)Cc2c(cnn2-c2ccccn2)C([NH3+])C1.O=C([O-])C(O)C(O)C(=O)O. The highest BCUT2D eigenvalue weighted by Gasteiger charge is 2.35. The number of aliphatic carboxylic acids is 2. The van der Waals surface area contributed by atoms with Crippen LogP contribution in [0, 0.1) is 5.41 Å². The van der Waals surface area contributed by atoms with E-state index in [1.807, 2.05) is 29.1 Å². The van der Waals surface area contributed by atoms with Gasteiger partial charge in [0.25, 0.3) is 0 Å². The van der Waals surface area contributed by atoms with Gasteiger partial charge < -0.3 is 31.0 Å². The van der Waals surface area contributed by atoms with Crippen molar-refractivity contribution < 1.29 is 35.7 Å². The molecule has 0 amide bonds. The first-order chi connectivity index (χ1) is 13.0. The lowest BCUT2D eigenvalue weighted by molar-refractivity contribution is -0.433. The highest BCUT2D eigenvalue weighted by Crippen LogP contribution is 2.39. The zero-order valence-electron chi connectivity index (χ0n) is 15.6. The molecule has 3 atom stereocenters. The van der Waals surface area contributed by atoms with E-state index in [1.165, 1.54) is 11.3 Å². The van der Waals surface area contributed by atoms with Gasteiger partial charge >= 0.3 is 5.97 Å². The van der Waals surface area contributed by atoms with E-state index in [9.17, 15) is 14.7 Å². The highest BCUT2D eigenvalue weighted by molar-refractivity contribution is 5.82. The maximum atomic E-state index is 9.74. The Morgan fingerprint density at radius 2 is 2.00 bits per heavy atom. The molecule has 2 aromatic rings. The monoisotopic (exact) mass is 392 g/mol. The van der Waals surface area contributed by atoms with E-state index in [0.717, 1.165) is 18.7 Å². The van der Waals surface area contributed by atoms with Gasteiger partial charge in [-0.05, 0) is 24.0 Å². The first-order valence-corrected chi connectivity index (χ1v) is 8.64. The second-order valence-corrected chi connectivity index (χ2v) is 7.44. The van der Waals surface area contributed by atoms with E-state index in [4.69, 9.17) is 15.3 Å². The van der Waals surface area contributed by atoms with Crippen molar-refractivity contribution in [3.8, 4) is 5.82 Å². The standard InChI is InChI=1S/C14H18N4.C4H6O6/c1-14(2)7-11(15)10-9-17-18(12(10)8-14)13-5-3-4-6-16-13;5-1(3(7)8)2(6)4(9)10/h3-6,9,11H,7-8,15H2,1-2H3;1-2,5-6H,(H,7,8)(H,9,10). The number of aliphatic hydroxyl groups is 2. The Hall–Kier alpha value is -2.82. The first kappa shape index (κ1) is 21.5. The molecule has 6 N–H and O–H groups in total. The van der Waals surface area contributed by atoms with E-state index in [-0.39, 0.29) is 5.41 Å². The van der Waals surface area contributed by atoms with E-state index < -0.39 is 24.1 Å². The Kier molecular flexibility index (Phi) is 6.49. The number of fused-ring (bicyclic) bond motifs is 1. The summed E-state index contributed by atoms with van der Waals surface area (Å²) in [5.41, 5.74) is 7.10. The summed E-state index contributed by atoms with van der Waals surface area (Å²) in [6, 6.07) is 6.24. The molecule has 0 radical (unpaired) electrons. The minimum Gasteiger partial charge on any atom is -0.547 e. The van der Waals surface area contributed by atoms with Gasteiger partial charge in [0.05, 0.1) is 23.4 Å². The molecule has 2 heterocycles. The number of hydrogen-bond donors (Lipinski definition) is 4. The second kappa shape index (κ2) is 8.46. The number of carbonyl (C=O) groups is 2. The summed E-state index contributed by atoms with van der Waals surface area (Å²) in [4.78, 5) is 23.8. The molecule has 0 aliphatic heterocycles. The molecule has 0 saturated carbocycles. The minimum absolute atomic E-state index is 0.284. The molecule has 0 aromatic carbocycles. The Bertz CT molecular complexity index is 818. The largest absolute Gasteiger partial charge is 0.547 e. The van der Waals surface area contributed by atoms with E-state index in [1.54, 1.807) is 6.20 Å². The number of hydrogen-bond acceptors (Lipinski definition) is 7. The van der Waals surface area contributed by atoms with Crippen LogP contribution in [0.5, 0.6) is 0 Å². The highest BCUT2D eigenvalue weighted by atomic mass is 16.4. The molecule has 2 aromatic heterocycles. The quantitative estimate of drug-likeness (QED) is 0.464. The number of aromatic nitrogens is 3. The summed E-state index contributed by atoms with van der Waals surface area (Å²) >= 11 is 0. The molecular weight excluding hydrogens is 368 g/mol. The minimum atomic E-state index is -2.38. The molecule has 0 spiro atoms. The van der Waals surface area contributed by atoms with Crippen molar-refractivity contribution in [3.05, 3.63) is 41.9 Å². The van der Waals surface area contributed by atoms with Gasteiger partial charge in [-0.15, -0.1) is 0 Å². The molecule has 3 rings (SSSR count). The van der Waals surface area contributed by atoms with Crippen LogP contribution in [0.4, 0.5) is 0 Å². The number of aliphatic hydroxyl groups excluding tert-OH is 2. The number of carbonyl (C=O) groups excluding carboxylic acids is 1. The fraction of sp³-hybridized carbons (Fsp3) is 0.444. The van der Waals surface area contributed by atoms with Crippen LogP contribution in [-0.2, 0) is 16.0 Å². The molecule has 1 aliphatic carbocycles. The topological polar surface area (TPSA) is 176 Å². The van der Waals surface area contributed by atoms with Gasteiger partial charge in [-0.2, -0.15) is 5.10 Å². The Morgan fingerprint density at radius 1 is 1.32 bits per heavy atom. The van der Waals surface area contributed by atoms with Gasteiger partial charge in [-0.25, -0.2) is 14.5 Å². The molecule has 0 fully saturated rings. The third kappa shape index (κ3) is 4.91. The van der Waals surface area contributed by atoms with Gasteiger partial charge in [-0.1, -0.05) is 19.9 Å².